The summed E-state index contributed by atoms with van der Waals surface area (Å²) >= 11 is 0. The van der Waals surface area contributed by atoms with Crippen LogP contribution in [0, 0.1) is 23.7 Å². The van der Waals surface area contributed by atoms with Gasteiger partial charge in [0.05, 0.1) is 26.4 Å². The molecule has 0 saturated heterocycles. The topological polar surface area (TPSA) is 237 Å². The Hall–Kier alpha value is -1.94. The van der Waals surface area contributed by atoms with Gasteiger partial charge in [0.15, 0.2) is 12.2 Å². The number of esters is 4. The van der Waals surface area contributed by atoms with Gasteiger partial charge >= 0.3 is 39.5 Å². The molecule has 0 spiro atoms. The number of phosphoric acid groups is 2. The lowest BCUT2D eigenvalue weighted by Crippen LogP contribution is -2.30. The van der Waals surface area contributed by atoms with Crippen molar-refractivity contribution < 1.29 is 80.2 Å². The highest BCUT2D eigenvalue weighted by Crippen LogP contribution is 2.45. The standard InChI is InChI=1S/C72H140O17P2/c1-9-63(6)49-41-33-24-20-16-14-12-13-15-17-22-26-36-44-52-69(74)82-58-68(89-72(77)55-47-39-30-28-32-40-48-62(4)5)61-87-91(80,81)85-57-66(73)56-84-90(78,79)86-60-67(59-83-70(75)53-45-37-31-29-35-43-51-65(8)11-3)88-71(76)54-46-38-27-23-19-18-21-25-34-42-50-64(7)10-2/h62-68,73H,9-61H2,1-8H3,(H,78,79)(H,80,81)/t63?,64?,65?,66-,67+,68+/m0/s1. The third-order valence-electron chi connectivity index (χ3n) is 17.7. The summed E-state index contributed by atoms with van der Waals surface area (Å²) in [7, 11) is -9.90. The molecule has 0 radical (unpaired) electrons. The Balaban J connectivity index is 5.19. The van der Waals surface area contributed by atoms with Gasteiger partial charge in [-0.2, -0.15) is 0 Å². The van der Waals surface area contributed by atoms with E-state index in [0.717, 1.165) is 114 Å². The van der Waals surface area contributed by atoms with Crippen LogP contribution in [-0.2, 0) is 65.4 Å². The Bertz CT molecular complexity index is 1800. The van der Waals surface area contributed by atoms with Crippen molar-refractivity contribution >= 4 is 39.5 Å². The molecular weight excluding hydrogens is 1200 g/mol. The van der Waals surface area contributed by atoms with Crippen molar-refractivity contribution in [2.24, 2.45) is 23.7 Å². The number of aliphatic hydroxyl groups excluding tert-OH is 1. The number of ether oxygens (including phenoxy) is 4. The summed E-state index contributed by atoms with van der Waals surface area (Å²) in [5.41, 5.74) is 0. The van der Waals surface area contributed by atoms with Crippen molar-refractivity contribution in [2.45, 2.75) is 375 Å². The van der Waals surface area contributed by atoms with Crippen LogP contribution >= 0.6 is 15.6 Å². The first-order valence-corrected chi connectivity index (χ1v) is 40.3. The highest BCUT2D eigenvalue weighted by molar-refractivity contribution is 7.47. The quantitative estimate of drug-likeness (QED) is 0.0222. The number of aliphatic hydroxyl groups is 1. The first-order valence-electron chi connectivity index (χ1n) is 37.3. The zero-order valence-electron chi connectivity index (χ0n) is 59.5. The first kappa shape index (κ1) is 89.1. The lowest BCUT2D eigenvalue weighted by atomic mass is 9.99. The van der Waals surface area contributed by atoms with Gasteiger partial charge in [0.2, 0.25) is 0 Å². The number of rotatable bonds is 69. The Labute approximate surface area is 556 Å². The van der Waals surface area contributed by atoms with Gasteiger partial charge in [-0.1, -0.05) is 306 Å². The second-order valence-corrected chi connectivity index (χ2v) is 30.1. The summed E-state index contributed by atoms with van der Waals surface area (Å²) in [5.74, 6) is 0.921. The smallest absolute Gasteiger partial charge is 0.462 e. The second-order valence-electron chi connectivity index (χ2n) is 27.2. The molecule has 0 aliphatic heterocycles. The van der Waals surface area contributed by atoms with Gasteiger partial charge in [0.25, 0.3) is 0 Å². The molecule has 8 atom stereocenters. The van der Waals surface area contributed by atoms with Gasteiger partial charge < -0.3 is 33.8 Å². The number of hydrogen-bond donors (Lipinski definition) is 3. The largest absolute Gasteiger partial charge is 0.472 e. The maximum Gasteiger partial charge on any atom is 0.472 e. The fraction of sp³-hybridized carbons (Fsp3) is 0.944. The summed E-state index contributed by atoms with van der Waals surface area (Å²) < 4.78 is 68.3. The summed E-state index contributed by atoms with van der Waals surface area (Å²) in [5, 5.41) is 10.6. The molecule has 0 aromatic heterocycles. The monoisotopic (exact) mass is 1340 g/mol. The van der Waals surface area contributed by atoms with Crippen LogP contribution in [0.4, 0.5) is 0 Å². The minimum absolute atomic E-state index is 0.102. The van der Waals surface area contributed by atoms with E-state index in [1.807, 2.05) is 0 Å². The molecule has 0 heterocycles. The van der Waals surface area contributed by atoms with Crippen molar-refractivity contribution in [3.63, 3.8) is 0 Å². The average Bonchev–Trinajstić information content (AvgIpc) is 3.38. The van der Waals surface area contributed by atoms with E-state index >= 15 is 0 Å². The highest BCUT2D eigenvalue weighted by atomic mass is 31.2. The first-order chi connectivity index (χ1) is 43.7. The molecule has 0 saturated carbocycles. The van der Waals surface area contributed by atoms with Crippen molar-refractivity contribution in [3.05, 3.63) is 0 Å². The molecule has 540 valence electrons. The second kappa shape index (κ2) is 61.6. The van der Waals surface area contributed by atoms with Crippen LogP contribution in [0.1, 0.15) is 357 Å². The van der Waals surface area contributed by atoms with E-state index < -0.39 is 97.5 Å². The summed E-state index contributed by atoms with van der Waals surface area (Å²) in [4.78, 5) is 72.6. The van der Waals surface area contributed by atoms with E-state index in [-0.39, 0.29) is 25.7 Å². The van der Waals surface area contributed by atoms with Gasteiger partial charge in [-0.25, -0.2) is 9.13 Å². The van der Waals surface area contributed by atoms with Gasteiger partial charge in [0, 0.05) is 25.7 Å². The van der Waals surface area contributed by atoms with Crippen LogP contribution in [0.2, 0.25) is 0 Å². The van der Waals surface area contributed by atoms with Crippen LogP contribution in [0.15, 0.2) is 0 Å². The van der Waals surface area contributed by atoms with Crippen molar-refractivity contribution in [2.75, 3.05) is 39.6 Å². The molecule has 0 aliphatic rings. The van der Waals surface area contributed by atoms with Crippen LogP contribution in [0.3, 0.4) is 0 Å². The molecule has 19 heteroatoms. The zero-order valence-corrected chi connectivity index (χ0v) is 61.3. The third kappa shape index (κ3) is 62.6. The van der Waals surface area contributed by atoms with Gasteiger partial charge in [-0.15, -0.1) is 0 Å². The molecule has 91 heavy (non-hydrogen) atoms. The summed E-state index contributed by atoms with van der Waals surface area (Å²) in [6.07, 6.45) is 44.5. The van der Waals surface area contributed by atoms with Crippen molar-refractivity contribution in [1.29, 1.82) is 0 Å². The highest BCUT2D eigenvalue weighted by Gasteiger charge is 2.30. The fourth-order valence-electron chi connectivity index (χ4n) is 10.7. The predicted molar refractivity (Wildman–Crippen MR) is 367 cm³/mol. The van der Waals surface area contributed by atoms with Crippen molar-refractivity contribution in [1.82, 2.24) is 0 Å². The zero-order chi connectivity index (χ0) is 67.5. The van der Waals surface area contributed by atoms with Crippen LogP contribution in [-0.4, -0.2) is 96.7 Å². The van der Waals surface area contributed by atoms with Crippen LogP contribution in [0.25, 0.3) is 0 Å². The Morgan fingerprint density at radius 3 is 0.780 bits per heavy atom. The molecule has 0 aromatic rings. The van der Waals surface area contributed by atoms with Crippen LogP contribution < -0.4 is 0 Å². The van der Waals surface area contributed by atoms with Gasteiger partial charge in [-0.05, 0) is 49.4 Å². The number of carbonyl (C=O) groups excluding carboxylic acids is 4. The molecular formula is C72H140O17P2. The molecule has 5 unspecified atom stereocenters. The Morgan fingerprint density at radius 2 is 0.527 bits per heavy atom. The number of phosphoric ester groups is 2. The molecule has 3 N–H and O–H groups in total. The molecule has 0 aromatic carbocycles. The Morgan fingerprint density at radius 1 is 0.308 bits per heavy atom. The molecule has 0 bridgehead atoms. The van der Waals surface area contributed by atoms with E-state index in [1.165, 1.54) is 154 Å². The maximum absolute atomic E-state index is 13.0. The number of carbonyl (C=O) groups is 4. The molecule has 0 fully saturated rings. The SMILES string of the molecule is CCC(C)CCCCCCCCCCCCCCCCC(=O)OC[C@H](COP(=O)(O)OC[C@@H](O)COP(=O)(O)OC[C@@H](COC(=O)CCCCCCCCC(C)CC)OC(=O)CCCCCCCCCCCCC(C)CC)OC(=O)CCCCCCCCC(C)C. The normalized spacial score (nSPS) is 15.1. The predicted octanol–water partition coefficient (Wildman–Crippen LogP) is 20.5. The Kier molecular flexibility index (Phi) is 60.3. The number of unbranched alkanes of at least 4 members (excludes halogenated alkanes) is 32. The van der Waals surface area contributed by atoms with E-state index in [1.54, 1.807) is 0 Å². The maximum atomic E-state index is 13.0. The van der Waals surface area contributed by atoms with E-state index in [0.29, 0.717) is 31.6 Å². The molecule has 0 rings (SSSR count). The van der Waals surface area contributed by atoms with Crippen LogP contribution in [0.5, 0.6) is 0 Å². The summed E-state index contributed by atoms with van der Waals surface area (Å²) in [6.45, 7) is 14.1. The average molecular weight is 1340 g/mol. The van der Waals surface area contributed by atoms with Gasteiger partial charge in [-0.3, -0.25) is 37.3 Å². The number of hydrogen-bond acceptors (Lipinski definition) is 15. The van der Waals surface area contributed by atoms with E-state index in [9.17, 15) is 43.2 Å². The lowest BCUT2D eigenvalue weighted by molar-refractivity contribution is -0.161. The molecule has 17 nitrogen and oxygen atoms in total. The summed E-state index contributed by atoms with van der Waals surface area (Å²) in [6, 6.07) is 0. The van der Waals surface area contributed by atoms with E-state index in [4.69, 9.17) is 37.0 Å². The van der Waals surface area contributed by atoms with Crippen molar-refractivity contribution in [3.8, 4) is 0 Å². The minimum Gasteiger partial charge on any atom is -0.462 e. The van der Waals surface area contributed by atoms with E-state index in [2.05, 4.69) is 55.4 Å². The third-order valence-corrected chi connectivity index (χ3v) is 19.6. The molecule has 0 aliphatic carbocycles. The molecule has 0 amide bonds. The fourth-order valence-corrected chi connectivity index (χ4v) is 12.3. The van der Waals surface area contributed by atoms with Gasteiger partial charge in [0.1, 0.15) is 19.3 Å². The minimum atomic E-state index is -4.95. The lowest BCUT2D eigenvalue weighted by Gasteiger charge is -2.21.